The molecule has 0 aromatic heterocycles. The standard InChI is InChI=1S/C23H26N2O5S2/c1-15-4-6-16(7-5-15)12-25-18-13-32(27,28)14-21(18)31-23(25)24-22(26)11-17-8-9-19(29-2)20(10-17)30-3/h4-10,18,21H,11-14H2,1-3H3/t18-,21-/m0/s1. The number of fused-ring (bicyclic) bond motifs is 1. The third-order valence-electron chi connectivity index (χ3n) is 5.67. The maximum absolute atomic E-state index is 12.8. The van der Waals surface area contributed by atoms with E-state index in [-0.39, 0.29) is 35.1 Å². The van der Waals surface area contributed by atoms with Gasteiger partial charge in [-0.05, 0) is 30.2 Å². The van der Waals surface area contributed by atoms with Crippen molar-refractivity contribution < 1.29 is 22.7 Å². The van der Waals surface area contributed by atoms with Gasteiger partial charge in [0.05, 0.1) is 38.2 Å². The molecule has 0 N–H and O–H groups in total. The molecule has 1 amide bonds. The molecule has 2 aliphatic rings. The molecule has 2 atom stereocenters. The SMILES string of the molecule is COc1ccc(CC(=O)N=C2S[C@H]3CS(=O)(=O)C[C@@H]3N2Cc2ccc(C)cc2)cc1OC. The van der Waals surface area contributed by atoms with Crippen molar-refractivity contribution in [2.24, 2.45) is 4.99 Å². The number of rotatable bonds is 6. The molecular weight excluding hydrogens is 448 g/mol. The zero-order valence-corrected chi connectivity index (χ0v) is 19.9. The summed E-state index contributed by atoms with van der Waals surface area (Å²) < 4.78 is 35.0. The summed E-state index contributed by atoms with van der Waals surface area (Å²) in [5.41, 5.74) is 2.99. The number of benzene rings is 2. The molecule has 4 rings (SSSR count). The highest BCUT2D eigenvalue weighted by Crippen LogP contribution is 2.39. The summed E-state index contributed by atoms with van der Waals surface area (Å²) in [5.74, 6) is 1.09. The minimum absolute atomic E-state index is 0.0966. The number of amides is 1. The Kier molecular flexibility index (Phi) is 6.48. The van der Waals surface area contributed by atoms with E-state index in [1.165, 1.54) is 11.8 Å². The molecule has 2 aliphatic heterocycles. The van der Waals surface area contributed by atoms with Gasteiger partial charge in [0.15, 0.2) is 26.5 Å². The second-order valence-electron chi connectivity index (χ2n) is 8.07. The van der Waals surface area contributed by atoms with Gasteiger partial charge in [-0.15, -0.1) is 0 Å². The Morgan fingerprint density at radius 3 is 2.44 bits per heavy atom. The summed E-state index contributed by atoms with van der Waals surface area (Å²) in [4.78, 5) is 19.2. The van der Waals surface area contributed by atoms with Crippen LogP contribution >= 0.6 is 11.8 Å². The topological polar surface area (TPSA) is 85.3 Å². The molecule has 2 aromatic rings. The lowest BCUT2D eigenvalue weighted by atomic mass is 10.1. The number of amidine groups is 1. The van der Waals surface area contributed by atoms with E-state index in [1.54, 1.807) is 26.4 Å². The van der Waals surface area contributed by atoms with Crippen LogP contribution in [0, 0.1) is 6.92 Å². The molecule has 0 spiro atoms. The van der Waals surface area contributed by atoms with E-state index < -0.39 is 9.84 Å². The maximum atomic E-state index is 12.8. The van der Waals surface area contributed by atoms with Crippen LogP contribution in [0.5, 0.6) is 11.5 Å². The Morgan fingerprint density at radius 1 is 1.06 bits per heavy atom. The predicted molar refractivity (Wildman–Crippen MR) is 126 cm³/mol. The summed E-state index contributed by atoms with van der Waals surface area (Å²) in [6.07, 6.45) is 0.121. The van der Waals surface area contributed by atoms with Gasteiger partial charge in [0.2, 0.25) is 0 Å². The van der Waals surface area contributed by atoms with Crippen LogP contribution in [0.25, 0.3) is 0 Å². The zero-order chi connectivity index (χ0) is 22.9. The zero-order valence-electron chi connectivity index (χ0n) is 18.3. The van der Waals surface area contributed by atoms with Gasteiger partial charge in [-0.2, -0.15) is 4.99 Å². The van der Waals surface area contributed by atoms with Gasteiger partial charge in [-0.3, -0.25) is 4.79 Å². The molecular formula is C23H26N2O5S2. The number of thioether (sulfide) groups is 1. The average Bonchev–Trinajstić information content (AvgIpc) is 3.21. The average molecular weight is 475 g/mol. The van der Waals surface area contributed by atoms with Crippen LogP contribution in [0.3, 0.4) is 0 Å². The molecule has 2 heterocycles. The maximum Gasteiger partial charge on any atom is 0.252 e. The van der Waals surface area contributed by atoms with E-state index in [4.69, 9.17) is 9.47 Å². The first-order valence-electron chi connectivity index (χ1n) is 10.3. The molecule has 7 nitrogen and oxygen atoms in total. The number of carbonyl (C=O) groups excluding carboxylic acids is 1. The van der Waals surface area contributed by atoms with Gasteiger partial charge in [-0.1, -0.05) is 47.7 Å². The molecule has 2 aromatic carbocycles. The van der Waals surface area contributed by atoms with Crippen LogP contribution in [0.4, 0.5) is 0 Å². The number of nitrogens with zero attached hydrogens (tertiary/aromatic N) is 2. The van der Waals surface area contributed by atoms with Crippen molar-refractivity contribution >= 4 is 32.7 Å². The van der Waals surface area contributed by atoms with Gasteiger partial charge in [0, 0.05) is 11.8 Å². The molecule has 0 aliphatic carbocycles. The van der Waals surface area contributed by atoms with E-state index in [9.17, 15) is 13.2 Å². The minimum Gasteiger partial charge on any atom is -0.493 e. The molecule has 0 unspecified atom stereocenters. The Bertz CT molecular complexity index is 1150. The van der Waals surface area contributed by atoms with Crippen LogP contribution in [0.15, 0.2) is 47.5 Å². The fourth-order valence-corrected chi connectivity index (χ4v) is 7.99. The Balaban J connectivity index is 1.56. The summed E-state index contributed by atoms with van der Waals surface area (Å²) in [6, 6.07) is 13.3. The first-order valence-corrected chi connectivity index (χ1v) is 13.0. The Labute approximate surface area is 192 Å². The van der Waals surface area contributed by atoms with E-state index in [2.05, 4.69) is 4.99 Å². The van der Waals surface area contributed by atoms with Gasteiger partial charge in [0.25, 0.3) is 5.91 Å². The largest absolute Gasteiger partial charge is 0.493 e. The number of ether oxygens (including phenoxy) is 2. The van der Waals surface area contributed by atoms with Gasteiger partial charge < -0.3 is 14.4 Å². The van der Waals surface area contributed by atoms with E-state index in [0.717, 1.165) is 16.7 Å². The molecule has 9 heteroatoms. The fourth-order valence-electron chi connectivity index (χ4n) is 4.02. The van der Waals surface area contributed by atoms with Gasteiger partial charge >= 0.3 is 0 Å². The molecule has 2 fully saturated rings. The molecule has 2 saturated heterocycles. The summed E-state index contributed by atoms with van der Waals surface area (Å²) in [5, 5.41) is 0.499. The van der Waals surface area contributed by atoms with Crippen LogP contribution in [-0.4, -0.2) is 61.4 Å². The van der Waals surface area contributed by atoms with Crippen molar-refractivity contribution in [1.29, 1.82) is 0 Å². The van der Waals surface area contributed by atoms with Gasteiger partial charge in [0.1, 0.15) is 0 Å². The predicted octanol–water partition coefficient (Wildman–Crippen LogP) is 2.85. The molecule has 0 saturated carbocycles. The van der Waals surface area contributed by atoms with Crippen molar-refractivity contribution in [2.75, 3.05) is 25.7 Å². The van der Waals surface area contributed by atoms with Crippen LogP contribution < -0.4 is 9.47 Å². The molecule has 170 valence electrons. The smallest absolute Gasteiger partial charge is 0.252 e. The lowest BCUT2D eigenvalue weighted by Gasteiger charge is -2.24. The first-order chi connectivity index (χ1) is 15.3. The summed E-state index contributed by atoms with van der Waals surface area (Å²) >= 11 is 1.40. The highest BCUT2D eigenvalue weighted by Gasteiger charge is 2.48. The number of methoxy groups -OCH3 is 2. The molecule has 0 radical (unpaired) electrons. The second-order valence-corrected chi connectivity index (χ2v) is 11.4. The fraction of sp³-hybridized carbons (Fsp3) is 0.391. The van der Waals surface area contributed by atoms with E-state index in [1.807, 2.05) is 42.2 Å². The number of aliphatic imine (C=N–C) groups is 1. The van der Waals surface area contributed by atoms with Crippen molar-refractivity contribution in [3.05, 3.63) is 59.2 Å². The Hall–Kier alpha value is -2.52. The van der Waals surface area contributed by atoms with Crippen LogP contribution in [-0.2, 0) is 27.6 Å². The molecule has 0 bridgehead atoms. The number of hydrogen-bond acceptors (Lipinski definition) is 6. The number of carbonyl (C=O) groups is 1. The van der Waals surface area contributed by atoms with Crippen molar-refractivity contribution in [1.82, 2.24) is 4.90 Å². The van der Waals surface area contributed by atoms with E-state index in [0.29, 0.717) is 23.2 Å². The van der Waals surface area contributed by atoms with Crippen LogP contribution in [0.1, 0.15) is 16.7 Å². The third kappa shape index (κ3) is 4.94. The number of sulfone groups is 1. The molecule has 32 heavy (non-hydrogen) atoms. The lowest BCUT2D eigenvalue weighted by molar-refractivity contribution is -0.117. The van der Waals surface area contributed by atoms with Crippen LogP contribution in [0.2, 0.25) is 0 Å². The first kappa shape index (κ1) is 22.7. The van der Waals surface area contributed by atoms with E-state index >= 15 is 0 Å². The van der Waals surface area contributed by atoms with Crippen molar-refractivity contribution in [3.63, 3.8) is 0 Å². The van der Waals surface area contributed by atoms with Crippen molar-refractivity contribution in [2.45, 2.75) is 31.2 Å². The Morgan fingerprint density at radius 2 is 1.75 bits per heavy atom. The number of aryl methyl sites for hydroxylation is 1. The third-order valence-corrected chi connectivity index (χ3v) is 8.92. The lowest BCUT2D eigenvalue weighted by Crippen LogP contribution is -2.37. The highest BCUT2D eigenvalue weighted by molar-refractivity contribution is 8.15. The van der Waals surface area contributed by atoms with Gasteiger partial charge in [-0.25, -0.2) is 8.42 Å². The highest BCUT2D eigenvalue weighted by atomic mass is 32.2. The monoisotopic (exact) mass is 474 g/mol. The minimum atomic E-state index is -3.08. The summed E-state index contributed by atoms with van der Waals surface area (Å²) in [7, 11) is 0.0310. The normalized spacial score (nSPS) is 22.7. The second kappa shape index (κ2) is 9.15. The summed E-state index contributed by atoms with van der Waals surface area (Å²) in [6.45, 7) is 2.54. The van der Waals surface area contributed by atoms with Crippen molar-refractivity contribution in [3.8, 4) is 11.5 Å². The quantitative estimate of drug-likeness (QED) is 0.636. The number of hydrogen-bond donors (Lipinski definition) is 0.